The van der Waals surface area contributed by atoms with E-state index in [-0.39, 0.29) is 35.5 Å². The van der Waals surface area contributed by atoms with Crippen molar-refractivity contribution in [3.63, 3.8) is 0 Å². The molecule has 13 heteroatoms. The van der Waals surface area contributed by atoms with Crippen LogP contribution >= 0.6 is 0 Å². The number of likely N-dealkylation sites (tertiary alicyclic amines) is 1. The maximum atomic E-state index is 14.4. The summed E-state index contributed by atoms with van der Waals surface area (Å²) in [6.45, 7) is -0.132. The number of halogens is 9. The molecule has 0 spiro atoms. The molecule has 1 fully saturated rings. The van der Waals surface area contributed by atoms with Crippen LogP contribution in [0.4, 0.5) is 39.5 Å². The Morgan fingerprint density at radius 1 is 0.971 bits per heavy atom. The van der Waals surface area contributed by atoms with Crippen molar-refractivity contribution in [2.75, 3.05) is 13.1 Å². The molecule has 35 heavy (non-hydrogen) atoms. The first-order chi connectivity index (χ1) is 16.2. The smallest absolute Gasteiger partial charge is 0.343 e. The van der Waals surface area contributed by atoms with Gasteiger partial charge in [-0.15, -0.1) is 0 Å². The van der Waals surface area contributed by atoms with Crippen LogP contribution < -0.4 is 0 Å². The third-order valence-corrected chi connectivity index (χ3v) is 7.82. The number of benzene rings is 2. The molecule has 1 aliphatic rings. The molecule has 0 aromatic heterocycles. The molecule has 0 N–H and O–H groups in total. The van der Waals surface area contributed by atoms with Gasteiger partial charge >= 0.3 is 18.0 Å². The van der Waals surface area contributed by atoms with Gasteiger partial charge in [-0.05, 0) is 29.7 Å². The van der Waals surface area contributed by atoms with Gasteiger partial charge in [0, 0.05) is 30.0 Å². The average Bonchev–Trinajstić information content (AvgIpc) is 3.22. The highest BCUT2D eigenvalue weighted by Gasteiger charge is 2.73. The molecule has 2 atom stereocenters. The second-order valence-electron chi connectivity index (χ2n) is 8.06. The number of hydrogen-bond acceptors (Lipinski definition) is 2. The van der Waals surface area contributed by atoms with Crippen LogP contribution in [-0.4, -0.2) is 47.4 Å². The highest BCUT2D eigenvalue weighted by Crippen LogP contribution is 2.53. The molecule has 0 saturated carbocycles. The van der Waals surface area contributed by atoms with Crippen molar-refractivity contribution in [2.45, 2.75) is 46.9 Å². The lowest BCUT2D eigenvalue weighted by Gasteiger charge is -2.32. The fraction of sp³-hybridized carbons (Fsp3) is 0.409. The lowest BCUT2D eigenvalue weighted by Crippen LogP contribution is -2.50. The van der Waals surface area contributed by atoms with Gasteiger partial charge in [-0.25, -0.2) is 13.2 Å². The summed E-state index contributed by atoms with van der Waals surface area (Å²) in [5, 5.41) is 0. The van der Waals surface area contributed by atoms with E-state index in [1.807, 2.05) is 0 Å². The number of nitrogens with zero attached hydrogens (tertiary/aromatic N) is 1. The fourth-order valence-corrected chi connectivity index (χ4v) is 5.90. The first kappa shape index (κ1) is 27.0. The van der Waals surface area contributed by atoms with Gasteiger partial charge in [-0.1, -0.05) is 36.4 Å². The lowest BCUT2D eigenvalue weighted by molar-refractivity contribution is -0.348. The molecule has 1 heterocycles. The van der Waals surface area contributed by atoms with Crippen molar-refractivity contribution in [3.05, 3.63) is 65.2 Å². The third kappa shape index (κ3) is 4.91. The van der Waals surface area contributed by atoms with E-state index in [1.165, 1.54) is 29.2 Å². The second-order valence-corrected chi connectivity index (χ2v) is 9.85. The molecular weight excluding hydrogens is 513 g/mol. The minimum atomic E-state index is -6.29. The summed E-state index contributed by atoms with van der Waals surface area (Å²) in [6.07, 6.45) is -15.4. The van der Waals surface area contributed by atoms with Gasteiger partial charge in [0.05, 0.1) is 15.5 Å². The van der Waals surface area contributed by atoms with E-state index in [0.717, 1.165) is 12.1 Å². The maximum absolute atomic E-state index is 14.4. The Hall–Kier alpha value is -2.57. The molecule has 1 saturated heterocycles. The Morgan fingerprint density at radius 3 is 2.06 bits per heavy atom. The predicted octanol–water partition coefficient (Wildman–Crippen LogP) is 5.65. The van der Waals surface area contributed by atoms with Gasteiger partial charge in [0.25, 0.3) is 0 Å². The SMILES string of the molecule is O=CN1CCC(c2ccc(C(F)(C(F)(F)F)C(F)(F)F)cc2)(S(=O)c2cccc(CC(F)F)c2)C1. The summed E-state index contributed by atoms with van der Waals surface area (Å²) < 4.78 is 131. The first-order valence-corrected chi connectivity index (χ1v) is 11.2. The molecule has 0 bridgehead atoms. The van der Waals surface area contributed by atoms with Gasteiger partial charge in [0.1, 0.15) is 0 Å². The zero-order chi connectivity index (χ0) is 26.2. The van der Waals surface area contributed by atoms with E-state index in [2.05, 4.69) is 0 Å². The lowest BCUT2D eigenvalue weighted by atomic mass is 9.90. The Labute approximate surface area is 196 Å². The van der Waals surface area contributed by atoms with E-state index in [1.54, 1.807) is 0 Å². The van der Waals surface area contributed by atoms with Gasteiger partial charge < -0.3 is 4.90 Å². The fourth-order valence-electron chi connectivity index (χ4n) is 4.08. The van der Waals surface area contributed by atoms with Gasteiger partial charge in [0.2, 0.25) is 12.8 Å². The summed E-state index contributed by atoms with van der Waals surface area (Å²) in [5.41, 5.74) is -7.15. The largest absolute Gasteiger partial charge is 0.435 e. The van der Waals surface area contributed by atoms with E-state index in [4.69, 9.17) is 0 Å². The zero-order valence-corrected chi connectivity index (χ0v) is 18.5. The van der Waals surface area contributed by atoms with Crippen LogP contribution in [0.1, 0.15) is 23.1 Å². The van der Waals surface area contributed by atoms with E-state index < -0.39 is 52.0 Å². The van der Waals surface area contributed by atoms with Crippen LogP contribution in [0, 0.1) is 0 Å². The summed E-state index contributed by atoms with van der Waals surface area (Å²) in [6, 6.07) is 7.70. The Balaban J connectivity index is 2.08. The van der Waals surface area contributed by atoms with Crippen LogP contribution in [0.3, 0.4) is 0 Å². The molecule has 2 aromatic rings. The second kappa shape index (κ2) is 9.47. The molecular formula is C22H18F9NO2S. The van der Waals surface area contributed by atoms with Crippen LogP contribution in [0.15, 0.2) is 53.4 Å². The molecule has 1 amide bonds. The summed E-state index contributed by atoms with van der Waals surface area (Å²) in [5.74, 6) is 0. The number of rotatable bonds is 7. The predicted molar refractivity (Wildman–Crippen MR) is 108 cm³/mol. The zero-order valence-electron chi connectivity index (χ0n) is 17.7. The molecule has 3 rings (SSSR count). The molecule has 2 aromatic carbocycles. The number of amides is 1. The molecule has 1 aliphatic heterocycles. The Kier molecular flexibility index (Phi) is 7.31. The molecule has 2 unspecified atom stereocenters. The molecule has 192 valence electrons. The van der Waals surface area contributed by atoms with Crippen molar-refractivity contribution in [1.29, 1.82) is 0 Å². The van der Waals surface area contributed by atoms with Gasteiger partial charge in [0.15, 0.2) is 0 Å². The third-order valence-electron chi connectivity index (χ3n) is 5.86. The standard InChI is InChI=1S/C22H18F9NO2S/c23-18(24)11-14-2-1-3-17(10-14)35(34)19(8-9-32(12-19)13-33)15-4-6-16(7-5-15)20(25,21(26,27)28)22(29,30)31/h1-7,10,13,18H,8-9,11-12H2. The van der Waals surface area contributed by atoms with Crippen molar-refractivity contribution < 1.29 is 48.5 Å². The first-order valence-electron chi connectivity index (χ1n) is 10.1. The van der Waals surface area contributed by atoms with E-state index >= 15 is 0 Å². The molecule has 0 radical (unpaired) electrons. The van der Waals surface area contributed by atoms with Gasteiger partial charge in [-0.2, -0.15) is 26.3 Å². The number of carbonyl (C=O) groups excluding carboxylic acids is 1. The molecule has 3 nitrogen and oxygen atoms in total. The monoisotopic (exact) mass is 531 g/mol. The Bertz CT molecular complexity index is 1070. The highest BCUT2D eigenvalue weighted by molar-refractivity contribution is 7.86. The summed E-state index contributed by atoms with van der Waals surface area (Å²) in [7, 11) is -2.06. The van der Waals surface area contributed by atoms with Crippen LogP contribution in [0.2, 0.25) is 0 Å². The summed E-state index contributed by atoms with van der Waals surface area (Å²) in [4.78, 5) is 12.6. The topological polar surface area (TPSA) is 37.4 Å². The highest BCUT2D eigenvalue weighted by atomic mass is 32.2. The van der Waals surface area contributed by atoms with Crippen molar-refractivity contribution >= 4 is 17.2 Å². The average molecular weight is 531 g/mol. The quantitative estimate of drug-likeness (QED) is 0.342. The van der Waals surface area contributed by atoms with Crippen LogP contribution in [0.25, 0.3) is 0 Å². The number of hydrogen-bond donors (Lipinski definition) is 0. The van der Waals surface area contributed by atoms with Crippen molar-refractivity contribution in [1.82, 2.24) is 4.90 Å². The summed E-state index contributed by atoms with van der Waals surface area (Å²) >= 11 is 0. The van der Waals surface area contributed by atoms with Gasteiger partial charge in [-0.3, -0.25) is 9.00 Å². The minimum Gasteiger partial charge on any atom is -0.343 e. The van der Waals surface area contributed by atoms with Crippen molar-refractivity contribution in [2.24, 2.45) is 0 Å². The Morgan fingerprint density at radius 2 is 1.57 bits per heavy atom. The maximum Gasteiger partial charge on any atom is 0.435 e. The number of alkyl halides is 9. The minimum absolute atomic E-state index is 0.00916. The van der Waals surface area contributed by atoms with Crippen LogP contribution in [0.5, 0.6) is 0 Å². The molecule has 0 aliphatic carbocycles. The van der Waals surface area contributed by atoms with E-state index in [0.29, 0.717) is 18.5 Å². The van der Waals surface area contributed by atoms with Crippen LogP contribution in [-0.2, 0) is 32.4 Å². The number of carbonyl (C=O) groups is 1. The van der Waals surface area contributed by atoms with Crippen molar-refractivity contribution in [3.8, 4) is 0 Å². The normalized spacial score (nSPS) is 20.3. The van der Waals surface area contributed by atoms with E-state index in [9.17, 15) is 48.5 Å².